The molecule has 0 spiro atoms. The Balaban J connectivity index is 2.63. The molecular weight excluding hydrogens is 208 g/mol. The normalized spacial score (nSPS) is 19.4. The smallest absolute Gasteiger partial charge is 0.329 e. The molecule has 0 unspecified atom stereocenters. The Labute approximate surface area is 95.4 Å². The van der Waals surface area contributed by atoms with Crippen LogP contribution in [0.25, 0.3) is 0 Å². The van der Waals surface area contributed by atoms with E-state index in [1.54, 1.807) is 13.8 Å². The molecule has 1 aliphatic rings. The predicted octanol–water partition coefficient (Wildman–Crippen LogP) is 0.627. The molecule has 92 valence electrons. The minimum absolute atomic E-state index is 0.141. The predicted molar refractivity (Wildman–Crippen MR) is 59.9 cm³/mol. The number of hydrogen-bond acceptors (Lipinski definition) is 3. The summed E-state index contributed by atoms with van der Waals surface area (Å²) in [5, 5.41) is 11.8. The lowest BCUT2D eigenvalue weighted by atomic mass is 9.95. The van der Waals surface area contributed by atoms with Crippen LogP contribution in [-0.2, 0) is 9.59 Å². The lowest BCUT2D eigenvalue weighted by Gasteiger charge is -2.27. The molecule has 0 aromatic carbocycles. The van der Waals surface area contributed by atoms with E-state index in [0.29, 0.717) is 12.8 Å². The molecule has 1 saturated carbocycles. The third-order valence-electron chi connectivity index (χ3n) is 2.86. The van der Waals surface area contributed by atoms with Gasteiger partial charge in [0, 0.05) is 12.0 Å². The van der Waals surface area contributed by atoms with Crippen molar-refractivity contribution in [1.29, 1.82) is 0 Å². The first-order valence-electron chi connectivity index (χ1n) is 5.58. The van der Waals surface area contributed by atoms with Crippen molar-refractivity contribution in [1.82, 2.24) is 5.32 Å². The van der Waals surface area contributed by atoms with Gasteiger partial charge in [-0.25, -0.2) is 4.79 Å². The fraction of sp³-hybridized carbons (Fsp3) is 0.818. The molecule has 1 fully saturated rings. The molecule has 16 heavy (non-hydrogen) atoms. The van der Waals surface area contributed by atoms with Crippen molar-refractivity contribution < 1.29 is 14.7 Å². The van der Waals surface area contributed by atoms with Gasteiger partial charge in [-0.1, -0.05) is 12.8 Å². The molecule has 0 saturated heterocycles. The fourth-order valence-electron chi connectivity index (χ4n) is 2.10. The Kier molecular flexibility index (Phi) is 3.57. The van der Waals surface area contributed by atoms with Gasteiger partial charge in [-0.05, 0) is 26.7 Å². The van der Waals surface area contributed by atoms with Crippen LogP contribution in [0.5, 0.6) is 0 Å². The summed E-state index contributed by atoms with van der Waals surface area (Å²) < 4.78 is 0. The third kappa shape index (κ3) is 3.20. The van der Waals surface area contributed by atoms with Crippen molar-refractivity contribution in [2.75, 3.05) is 0 Å². The molecule has 0 heterocycles. The zero-order valence-corrected chi connectivity index (χ0v) is 9.88. The second kappa shape index (κ2) is 4.41. The monoisotopic (exact) mass is 228 g/mol. The zero-order valence-electron chi connectivity index (χ0n) is 9.88. The van der Waals surface area contributed by atoms with Gasteiger partial charge in [-0.2, -0.15) is 0 Å². The van der Waals surface area contributed by atoms with E-state index >= 15 is 0 Å². The van der Waals surface area contributed by atoms with Crippen molar-refractivity contribution >= 4 is 11.9 Å². The molecular formula is C11H20N2O3. The molecule has 4 N–H and O–H groups in total. The quantitative estimate of drug-likeness (QED) is 0.658. The summed E-state index contributed by atoms with van der Waals surface area (Å²) in [6.07, 6.45) is 2.86. The third-order valence-corrected chi connectivity index (χ3v) is 2.86. The minimum atomic E-state index is -1.05. The van der Waals surface area contributed by atoms with Gasteiger partial charge in [0.15, 0.2) is 0 Å². The number of carboxylic acids is 1. The van der Waals surface area contributed by atoms with E-state index in [1.165, 1.54) is 0 Å². The molecule has 0 aromatic rings. The Morgan fingerprint density at radius 3 is 2.25 bits per heavy atom. The average molecular weight is 228 g/mol. The van der Waals surface area contributed by atoms with E-state index in [2.05, 4.69) is 5.32 Å². The average Bonchev–Trinajstić information content (AvgIpc) is 2.49. The van der Waals surface area contributed by atoms with Gasteiger partial charge in [0.2, 0.25) is 5.91 Å². The van der Waals surface area contributed by atoms with Crippen LogP contribution in [-0.4, -0.2) is 28.1 Å². The maximum atomic E-state index is 11.7. The summed E-state index contributed by atoms with van der Waals surface area (Å²) in [6.45, 7) is 3.49. The fourth-order valence-corrected chi connectivity index (χ4v) is 2.10. The highest BCUT2D eigenvalue weighted by Crippen LogP contribution is 2.30. The standard InChI is InChI=1S/C11H20N2O3/c1-10(2,12)7-8(14)13-11(9(15)16)5-3-4-6-11/h3-7,12H2,1-2H3,(H,13,14)(H,15,16). The highest BCUT2D eigenvalue weighted by Gasteiger charge is 2.42. The number of nitrogens with two attached hydrogens (primary N) is 1. The number of carbonyl (C=O) groups is 2. The molecule has 0 bridgehead atoms. The second-order valence-corrected chi connectivity index (χ2v) is 5.31. The Morgan fingerprint density at radius 1 is 1.38 bits per heavy atom. The molecule has 0 aliphatic heterocycles. The van der Waals surface area contributed by atoms with Gasteiger partial charge in [-0.3, -0.25) is 4.79 Å². The molecule has 1 aliphatic carbocycles. The van der Waals surface area contributed by atoms with Gasteiger partial charge in [0.25, 0.3) is 0 Å². The number of rotatable bonds is 4. The Hall–Kier alpha value is -1.10. The topological polar surface area (TPSA) is 92.4 Å². The van der Waals surface area contributed by atoms with Crippen molar-refractivity contribution in [2.45, 2.75) is 57.0 Å². The van der Waals surface area contributed by atoms with Gasteiger partial charge >= 0.3 is 5.97 Å². The van der Waals surface area contributed by atoms with E-state index in [-0.39, 0.29) is 12.3 Å². The molecule has 1 rings (SSSR count). The van der Waals surface area contributed by atoms with E-state index < -0.39 is 17.0 Å². The molecule has 0 aromatic heterocycles. The number of carboxylic acid groups (broad SMARTS) is 1. The van der Waals surface area contributed by atoms with Gasteiger partial charge in [0.05, 0.1) is 0 Å². The van der Waals surface area contributed by atoms with E-state index in [1.807, 2.05) is 0 Å². The number of carbonyl (C=O) groups excluding carboxylic acids is 1. The lowest BCUT2D eigenvalue weighted by Crippen LogP contribution is -2.54. The lowest BCUT2D eigenvalue weighted by molar-refractivity contribution is -0.147. The molecule has 0 radical (unpaired) electrons. The summed E-state index contributed by atoms with van der Waals surface area (Å²) in [7, 11) is 0. The summed E-state index contributed by atoms with van der Waals surface area (Å²) in [4.78, 5) is 22.8. The summed E-state index contributed by atoms with van der Waals surface area (Å²) in [5.74, 6) is -1.22. The van der Waals surface area contributed by atoms with Crippen LogP contribution in [0.1, 0.15) is 46.0 Å². The number of aliphatic carboxylic acids is 1. The van der Waals surface area contributed by atoms with Crippen molar-refractivity contribution in [3.8, 4) is 0 Å². The minimum Gasteiger partial charge on any atom is -0.480 e. The van der Waals surface area contributed by atoms with Crippen LogP contribution in [0.15, 0.2) is 0 Å². The first-order valence-corrected chi connectivity index (χ1v) is 5.58. The number of hydrogen-bond donors (Lipinski definition) is 3. The van der Waals surface area contributed by atoms with Crippen molar-refractivity contribution in [3.63, 3.8) is 0 Å². The summed E-state index contributed by atoms with van der Waals surface area (Å²) in [5.41, 5.74) is 4.06. The van der Waals surface area contributed by atoms with Crippen LogP contribution < -0.4 is 11.1 Å². The summed E-state index contributed by atoms with van der Waals surface area (Å²) >= 11 is 0. The highest BCUT2D eigenvalue weighted by molar-refractivity contribution is 5.87. The second-order valence-electron chi connectivity index (χ2n) is 5.31. The maximum absolute atomic E-state index is 11.7. The molecule has 1 amide bonds. The maximum Gasteiger partial charge on any atom is 0.329 e. The molecule has 0 atom stereocenters. The SMILES string of the molecule is CC(C)(N)CC(=O)NC1(C(=O)O)CCCC1. The molecule has 5 nitrogen and oxygen atoms in total. The zero-order chi connectivity index (χ0) is 12.4. The van der Waals surface area contributed by atoms with Gasteiger partial charge in [0.1, 0.15) is 5.54 Å². The van der Waals surface area contributed by atoms with Crippen molar-refractivity contribution in [2.24, 2.45) is 5.73 Å². The van der Waals surface area contributed by atoms with Crippen LogP contribution >= 0.6 is 0 Å². The number of amides is 1. The highest BCUT2D eigenvalue weighted by atomic mass is 16.4. The van der Waals surface area contributed by atoms with Gasteiger partial charge in [-0.15, -0.1) is 0 Å². The largest absolute Gasteiger partial charge is 0.480 e. The Bertz CT molecular complexity index is 288. The van der Waals surface area contributed by atoms with Crippen molar-refractivity contribution in [3.05, 3.63) is 0 Å². The Morgan fingerprint density at radius 2 is 1.88 bits per heavy atom. The summed E-state index contributed by atoms with van der Waals surface area (Å²) in [6, 6.07) is 0. The van der Waals surface area contributed by atoms with Crippen LogP contribution in [0, 0.1) is 0 Å². The first-order chi connectivity index (χ1) is 7.25. The van der Waals surface area contributed by atoms with Crippen LogP contribution in [0.4, 0.5) is 0 Å². The number of nitrogens with one attached hydrogen (secondary N) is 1. The van der Waals surface area contributed by atoms with Gasteiger partial charge < -0.3 is 16.2 Å². The molecule has 5 heteroatoms. The van der Waals surface area contributed by atoms with E-state index in [4.69, 9.17) is 10.8 Å². The van der Waals surface area contributed by atoms with Crippen LogP contribution in [0.3, 0.4) is 0 Å². The first kappa shape index (κ1) is 13.0. The van der Waals surface area contributed by atoms with Crippen LogP contribution in [0.2, 0.25) is 0 Å². The van der Waals surface area contributed by atoms with E-state index in [0.717, 1.165) is 12.8 Å². The van der Waals surface area contributed by atoms with E-state index in [9.17, 15) is 9.59 Å².